The third-order valence-corrected chi connectivity index (χ3v) is 5.65. The molecule has 2 aliphatic heterocycles. The average molecular weight is 455 g/mol. The van der Waals surface area contributed by atoms with E-state index in [0.29, 0.717) is 6.67 Å². The molecule has 164 valence electrons. The SMILES string of the molecule is [C]1C(c2ccccc2)=[N+](c2ccccc2)N=[N+]1C[N+]1=N[N+](c2ccccc2)=C(c2ccccc2)[C]1. The minimum Gasteiger partial charge on any atom is -0.0622 e. The van der Waals surface area contributed by atoms with Gasteiger partial charge >= 0.3 is 31.2 Å². The van der Waals surface area contributed by atoms with Crippen molar-refractivity contribution in [3.05, 3.63) is 146 Å². The summed E-state index contributed by atoms with van der Waals surface area (Å²) in [6, 6.07) is 40.5. The topological polar surface area (TPSA) is 36.8 Å². The van der Waals surface area contributed by atoms with Crippen LogP contribution in [0, 0.1) is 13.1 Å². The second-order valence-electron chi connectivity index (χ2n) is 8.07. The summed E-state index contributed by atoms with van der Waals surface area (Å²) in [5, 5.41) is 9.65. The van der Waals surface area contributed by atoms with E-state index < -0.39 is 0 Å². The molecule has 0 unspecified atom stereocenters. The molecule has 2 aliphatic rings. The first-order valence-electron chi connectivity index (χ1n) is 11.4. The van der Waals surface area contributed by atoms with Crippen LogP contribution >= 0.6 is 0 Å². The Hall–Kier alpha value is -4.58. The van der Waals surface area contributed by atoms with E-state index in [2.05, 4.69) is 37.4 Å². The molecule has 4 aromatic rings. The summed E-state index contributed by atoms with van der Waals surface area (Å²) in [5.41, 5.74) is 5.77. The number of para-hydroxylation sites is 2. The van der Waals surface area contributed by atoms with Crippen LogP contribution in [0.25, 0.3) is 0 Å². The monoisotopic (exact) mass is 454 g/mol. The molecule has 0 amide bonds. The Bertz CT molecular complexity index is 1360. The molecular formula is C29H22N6+4. The number of benzene rings is 4. The van der Waals surface area contributed by atoms with Crippen LogP contribution in [0.4, 0.5) is 11.4 Å². The van der Waals surface area contributed by atoms with Crippen LogP contribution in [0.2, 0.25) is 0 Å². The van der Waals surface area contributed by atoms with E-state index >= 15 is 0 Å². The zero-order valence-corrected chi connectivity index (χ0v) is 18.9. The first kappa shape index (κ1) is 21.0. The maximum atomic E-state index is 4.82. The van der Waals surface area contributed by atoms with Crippen LogP contribution in [-0.4, -0.2) is 36.9 Å². The van der Waals surface area contributed by atoms with Gasteiger partial charge < -0.3 is 0 Å². The summed E-state index contributed by atoms with van der Waals surface area (Å²) in [6.45, 7) is 7.22. The standard InChI is InChI=1S/C29H22N6/c1-5-13-24(14-6-1)28-21-32(30-34(28)26-17-9-3-10-18-26)23-33-22-29(25-15-7-2-8-16-25)35(31-33)27-19-11-4-12-20-27/h1-20H,23H2/q+4. The highest BCUT2D eigenvalue weighted by Crippen LogP contribution is 2.23. The maximum absolute atomic E-state index is 4.82. The normalized spacial score (nSPS) is 15.4. The first-order valence-corrected chi connectivity index (χ1v) is 11.4. The zero-order valence-electron chi connectivity index (χ0n) is 18.9. The minimum absolute atomic E-state index is 0.360. The Morgan fingerprint density at radius 3 is 1.17 bits per heavy atom. The summed E-state index contributed by atoms with van der Waals surface area (Å²) in [4.78, 5) is 0. The van der Waals surface area contributed by atoms with Gasteiger partial charge in [0.05, 0.1) is 11.1 Å². The molecule has 0 spiro atoms. The molecule has 0 aromatic heterocycles. The van der Waals surface area contributed by atoms with Gasteiger partial charge in [-0.05, 0) is 24.3 Å². The predicted octanol–water partition coefficient (Wildman–Crippen LogP) is 5.48. The molecule has 0 fully saturated rings. The van der Waals surface area contributed by atoms with Crippen molar-refractivity contribution in [3.8, 4) is 0 Å². The molecule has 6 heteroatoms. The molecular weight excluding hydrogens is 432 g/mol. The lowest BCUT2D eigenvalue weighted by molar-refractivity contribution is -0.796. The van der Waals surface area contributed by atoms with Gasteiger partial charge in [0.25, 0.3) is 10.4 Å². The van der Waals surface area contributed by atoms with Crippen LogP contribution < -0.4 is 0 Å². The highest BCUT2D eigenvalue weighted by atomic mass is 15.6. The van der Waals surface area contributed by atoms with Gasteiger partial charge in [0.2, 0.25) is 11.4 Å². The van der Waals surface area contributed by atoms with Gasteiger partial charge in [-0.2, -0.15) is 0 Å². The Labute approximate surface area is 204 Å². The lowest BCUT2D eigenvalue weighted by atomic mass is 10.1. The van der Waals surface area contributed by atoms with Gasteiger partial charge in [0, 0.05) is 43.0 Å². The molecule has 2 heterocycles. The fraction of sp³-hybridized carbons (Fsp3) is 0.0345. The number of hydrogen-bond donors (Lipinski definition) is 0. The fourth-order valence-corrected chi connectivity index (χ4v) is 4.01. The van der Waals surface area contributed by atoms with Crippen molar-refractivity contribution in [2.24, 2.45) is 10.4 Å². The summed E-state index contributed by atoms with van der Waals surface area (Å²) in [6.07, 6.45) is 0. The molecule has 0 saturated heterocycles. The van der Waals surface area contributed by atoms with Crippen LogP contribution in [0.1, 0.15) is 11.1 Å². The first-order chi connectivity index (χ1) is 17.3. The molecule has 0 bridgehead atoms. The van der Waals surface area contributed by atoms with Crippen molar-refractivity contribution in [1.82, 2.24) is 0 Å². The number of rotatable bonds is 6. The Morgan fingerprint density at radius 2 is 0.800 bits per heavy atom. The third-order valence-electron chi connectivity index (χ3n) is 5.65. The van der Waals surface area contributed by atoms with E-state index in [0.717, 1.165) is 33.9 Å². The number of nitrogens with zero attached hydrogens (tertiary/aromatic N) is 6. The van der Waals surface area contributed by atoms with Gasteiger partial charge in [-0.3, -0.25) is 0 Å². The van der Waals surface area contributed by atoms with Crippen molar-refractivity contribution in [2.75, 3.05) is 6.67 Å². The van der Waals surface area contributed by atoms with Crippen LogP contribution in [0.15, 0.2) is 132 Å². The van der Waals surface area contributed by atoms with Crippen LogP contribution in [-0.2, 0) is 0 Å². The van der Waals surface area contributed by atoms with E-state index in [1.165, 1.54) is 0 Å². The summed E-state index contributed by atoms with van der Waals surface area (Å²) >= 11 is 0. The minimum atomic E-state index is 0.360. The second-order valence-corrected chi connectivity index (χ2v) is 8.07. The number of hydrogen-bond acceptors (Lipinski definition) is 2. The smallest absolute Gasteiger partial charge is 0.0622 e. The fourth-order valence-electron chi connectivity index (χ4n) is 4.01. The highest BCUT2D eigenvalue weighted by molar-refractivity contribution is 6.03. The van der Waals surface area contributed by atoms with Gasteiger partial charge in [0.15, 0.2) is 0 Å². The third kappa shape index (κ3) is 4.34. The lowest BCUT2D eigenvalue weighted by Gasteiger charge is -1.93. The van der Waals surface area contributed by atoms with E-state index in [-0.39, 0.29) is 0 Å². The molecule has 0 aliphatic carbocycles. The molecule has 4 aromatic carbocycles. The Morgan fingerprint density at radius 1 is 0.457 bits per heavy atom. The molecule has 0 N–H and O–H groups in total. The van der Waals surface area contributed by atoms with Gasteiger partial charge in [-0.15, -0.1) is 0 Å². The maximum Gasteiger partial charge on any atom is 0.454 e. The summed E-state index contributed by atoms with van der Waals surface area (Å²) < 4.78 is 7.34. The second kappa shape index (κ2) is 9.35. The van der Waals surface area contributed by atoms with Crippen molar-refractivity contribution < 1.29 is 18.8 Å². The van der Waals surface area contributed by atoms with Gasteiger partial charge in [-0.25, -0.2) is 0 Å². The Kier molecular flexibility index (Phi) is 5.60. The van der Waals surface area contributed by atoms with E-state index in [1.807, 2.05) is 106 Å². The Balaban J connectivity index is 1.32. The van der Waals surface area contributed by atoms with Crippen molar-refractivity contribution in [1.29, 1.82) is 0 Å². The summed E-state index contributed by atoms with van der Waals surface area (Å²) in [7, 11) is 0. The molecule has 4 radical (unpaired) electrons. The molecule has 6 nitrogen and oxygen atoms in total. The zero-order chi connectivity index (χ0) is 23.5. The van der Waals surface area contributed by atoms with E-state index in [4.69, 9.17) is 10.4 Å². The van der Waals surface area contributed by atoms with E-state index in [9.17, 15) is 0 Å². The molecule has 0 atom stereocenters. The molecule has 35 heavy (non-hydrogen) atoms. The quantitative estimate of drug-likeness (QED) is 0.346. The van der Waals surface area contributed by atoms with E-state index in [1.54, 1.807) is 9.39 Å². The highest BCUT2D eigenvalue weighted by Gasteiger charge is 2.47. The van der Waals surface area contributed by atoms with Crippen molar-refractivity contribution in [2.45, 2.75) is 0 Å². The average Bonchev–Trinajstić information content (AvgIpc) is 3.56. The van der Waals surface area contributed by atoms with Gasteiger partial charge in [0.1, 0.15) is 0 Å². The van der Waals surface area contributed by atoms with Crippen LogP contribution in [0.5, 0.6) is 0 Å². The molecule has 6 rings (SSSR count). The van der Waals surface area contributed by atoms with Gasteiger partial charge in [-0.1, -0.05) is 72.8 Å². The summed E-state index contributed by atoms with van der Waals surface area (Å²) in [5.74, 6) is 0. The lowest BCUT2D eigenvalue weighted by Crippen LogP contribution is -2.20. The molecule has 0 saturated carbocycles. The van der Waals surface area contributed by atoms with Crippen molar-refractivity contribution >= 4 is 22.8 Å². The van der Waals surface area contributed by atoms with Crippen LogP contribution in [0.3, 0.4) is 0 Å². The van der Waals surface area contributed by atoms with Crippen molar-refractivity contribution in [3.63, 3.8) is 0 Å². The largest absolute Gasteiger partial charge is 0.454 e. The predicted molar refractivity (Wildman–Crippen MR) is 131 cm³/mol.